The highest BCUT2D eigenvalue weighted by molar-refractivity contribution is 5.48. The van der Waals surface area contributed by atoms with Crippen molar-refractivity contribution in [1.82, 2.24) is 0 Å². The molecule has 1 aromatic carbocycles. The van der Waals surface area contributed by atoms with Crippen LogP contribution in [0.2, 0.25) is 0 Å². The molecule has 13 heavy (non-hydrogen) atoms. The predicted molar refractivity (Wildman–Crippen MR) is 52.0 cm³/mol. The van der Waals surface area contributed by atoms with Crippen LogP contribution >= 0.6 is 0 Å². The van der Waals surface area contributed by atoms with E-state index in [0.29, 0.717) is 13.0 Å². The van der Waals surface area contributed by atoms with Crippen molar-refractivity contribution in [1.29, 1.82) is 0 Å². The first-order valence-corrected chi connectivity index (χ1v) is 4.46. The van der Waals surface area contributed by atoms with Gasteiger partial charge in [-0.1, -0.05) is 17.7 Å². The highest BCUT2D eigenvalue weighted by Crippen LogP contribution is 2.11. The van der Waals surface area contributed by atoms with Crippen molar-refractivity contribution < 1.29 is 9.53 Å². The van der Waals surface area contributed by atoms with Gasteiger partial charge in [-0.2, -0.15) is 0 Å². The van der Waals surface area contributed by atoms with Crippen LogP contribution in [0, 0.1) is 6.92 Å². The Bertz CT molecular complexity index is 251. The Balaban J connectivity index is 2.28. The number of aryl methyl sites for hydroxylation is 1. The minimum atomic E-state index is 0.575. The smallest absolute Gasteiger partial charge is 0.120 e. The van der Waals surface area contributed by atoms with Gasteiger partial charge in [0.05, 0.1) is 6.61 Å². The van der Waals surface area contributed by atoms with E-state index in [0.717, 1.165) is 18.5 Å². The third kappa shape index (κ3) is 3.74. The normalized spacial score (nSPS) is 9.62. The molecule has 70 valence electrons. The van der Waals surface area contributed by atoms with Crippen LogP contribution in [0.5, 0.6) is 5.75 Å². The SMILES string of the molecule is Cc1ccc(OCCCC=O)cc1. The second-order valence-corrected chi connectivity index (χ2v) is 2.97. The van der Waals surface area contributed by atoms with Crippen molar-refractivity contribution in [2.75, 3.05) is 6.61 Å². The lowest BCUT2D eigenvalue weighted by Crippen LogP contribution is -1.97. The third-order valence-electron chi connectivity index (χ3n) is 1.76. The second-order valence-electron chi connectivity index (χ2n) is 2.97. The molecule has 0 atom stereocenters. The number of hydrogen-bond donors (Lipinski definition) is 0. The number of aldehydes is 1. The number of unbranched alkanes of at least 4 members (excludes halogenated alkanes) is 1. The molecular formula is C11H14O2. The number of benzene rings is 1. The average molecular weight is 178 g/mol. The zero-order valence-electron chi connectivity index (χ0n) is 7.82. The Hall–Kier alpha value is -1.31. The number of carbonyl (C=O) groups is 1. The van der Waals surface area contributed by atoms with E-state index in [1.807, 2.05) is 31.2 Å². The maximum atomic E-state index is 10.0. The van der Waals surface area contributed by atoms with Crippen LogP contribution in [0.3, 0.4) is 0 Å². The van der Waals surface area contributed by atoms with Crippen LogP contribution in [0.4, 0.5) is 0 Å². The molecule has 2 nitrogen and oxygen atoms in total. The highest BCUT2D eigenvalue weighted by atomic mass is 16.5. The van der Waals surface area contributed by atoms with Gasteiger partial charge in [0.1, 0.15) is 12.0 Å². The van der Waals surface area contributed by atoms with Gasteiger partial charge >= 0.3 is 0 Å². The van der Waals surface area contributed by atoms with Crippen LogP contribution in [0.1, 0.15) is 18.4 Å². The van der Waals surface area contributed by atoms with Crippen LogP contribution in [-0.4, -0.2) is 12.9 Å². The lowest BCUT2D eigenvalue weighted by molar-refractivity contribution is -0.108. The van der Waals surface area contributed by atoms with Crippen LogP contribution in [0.15, 0.2) is 24.3 Å². The summed E-state index contributed by atoms with van der Waals surface area (Å²) in [4.78, 5) is 10.0. The Morgan fingerprint density at radius 2 is 2.00 bits per heavy atom. The van der Waals surface area contributed by atoms with Crippen molar-refractivity contribution in [3.05, 3.63) is 29.8 Å². The van der Waals surface area contributed by atoms with Crippen LogP contribution < -0.4 is 4.74 Å². The molecule has 0 bridgehead atoms. The zero-order chi connectivity index (χ0) is 9.52. The molecule has 0 fully saturated rings. The molecule has 0 aliphatic carbocycles. The summed E-state index contributed by atoms with van der Waals surface area (Å²) in [6.07, 6.45) is 2.28. The molecule has 0 aliphatic rings. The minimum absolute atomic E-state index is 0.575. The number of carbonyl (C=O) groups excluding carboxylic acids is 1. The predicted octanol–water partition coefficient (Wildman–Crippen LogP) is 2.35. The van der Waals surface area contributed by atoms with Crippen molar-refractivity contribution in [2.24, 2.45) is 0 Å². The van der Waals surface area contributed by atoms with E-state index in [1.54, 1.807) is 0 Å². The molecule has 0 saturated heterocycles. The van der Waals surface area contributed by atoms with Gasteiger partial charge in [-0.25, -0.2) is 0 Å². The minimum Gasteiger partial charge on any atom is -0.494 e. The number of ether oxygens (including phenoxy) is 1. The van der Waals surface area contributed by atoms with Crippen LogP contribution in [0.25, 0.3) is 0 Å². The molecule has 1 rings (SSSR count). The summed E-state index contributed by atoms with van der Waals surface area (Å²) in [5.41, 5.74) is 1.22. The van der Waals surface area contributed by atoms with Gasteiger partial charge in [0.25, 0.3) is 0 Å². The second kappa shape index (κ2) is 5.36. The summed E-state index contributed by atoms with van der Waals surface area (Å²) in [5.74, 6) is 0.872. The van der Waals surface area contributed by atoms with E-state index in [2.05, 4.69) is 0 Å². The van der Waals surface area contributed by atoms with Crippen molar-refractivity contribution >= 4 is 6.29 Å². The first-order chi connectivity index (χ1) is 6.33. The van der Waals surface area contributed by atoms with E-state index in [1.165, 1.54) is 5.56 Å². The summed E-state index contributed by atoms with van der Waals surface area (Å²) in [6, 6.07) is 7.90. The molecule has 0 radical (unpaired) electrons. The molecule has 0 saturated carbocycles. The van der Waals surface area contributed by atoms with Gasteiger partial charge in [-0.05, 0) is 25.5 Å². The van der Waals surface area contributed by atoms with E-state index < -0.39 is 0 Å². The van der Waals surface area contributed by atoms with Gasteiger partial charge < -0.3 is 9.53 Å². The summed E-state index contributed by atoms with van der Waals surface area (Å²) < 4.78 is 5.40. The summed E-state index contributed by atoms with van der Waals surface area (Å²) in [7, 11) is 0. The summed E-state index contributed by atoms with van der Waals surface area (Å²) >= 11 is 0. The quantitative estimate of drug-likeness (QED) is 0.511. The van der Waals surface area contributed by atoms with Gasteiger partial charge in [-0.15, -0.1) is 0 Å². The number of rotatable bonds is 5. The maximum Gasteiger partial charge on any atom is 0.120 e. The molecule has 0 spiro atoms. The van der Waals surface area contributed by atoms with Crippen molar-refractivity contribution in [3.8, 4) is 5.75 Å². The molecule has 0 amide bonds. The third-order valence-corrected chi connectivity index (χ3v) is 1.76. The standard InChI is InChI=1S/C11H14O2/c1-10-4-6-11(7-5-10)13-9-3-2-8-12/h4-8H,2-3,9H2,1H3. The Kier molecular flexibility index (Phi) is 4.03. The largest absolute Gasteiger partial charge is 0.494 e. The Morgan fingerprint density at radius 1 is 1.31 bits per heavy atom. The van der Waals surface area contributed by atoms with Gasteiger partial charge in [0, 0.05) is 6.42 Å². The fourth-order valence-corrected chi connectivity index (χ4v) is 0.991. The van der Waals surface area contributed by atoms with Crippen molar-refractivity contribution in [3.63, 3.8) is 0 Å². The molecule has 2 heteroatoms. The highest BCUT2D eigenvalue weighted by Gasteiger charge is 1.92. The van der Waals surface area contributed by atoms with Gasteiger partial charge in [-0.3, -0.25) is 0 Å². The Labute approximate surface area is 78.5 Å². The van der Waals surface area contributed by atoms with Gasteiger partial charge in [0.2, 0.25) is 0 Å². The zero-order valence-corrected chi connectivity index (χ0v) is 7.82. The van der Waals surface area contributed by atoms with E-state index in [-0.39, 0.29) is 0 Å². The molecule has 0 unspecified atom stereocenters. The molecule has 0 aliphatic heterocycles. The summed E-state index contributed by atoms with van der Waals surface area (Å²) in [5, 5.41) is 0. The fraction of sp³-hybridized carbons (Fsp3) is 0.364. The topological polar surface area (TPSA) is 26.3 Å². The molecule has 1 aromatic rings. The van der Waals surface area contributed by atoms with Crippen LogP contribution in [-0.2, 0) is 4.79 Å². The monoisotopic (exact) mass is 178 g/mol. The van der Waals surface area contributed by atoms with Gasteiger partial charge in [0.15, 0.2) is 0 Å². The lowest BCUT2D eigenvalue weighted by Gasteiger charge is -2.04. The number of hydrogen-bond acceptors (Lipinski definition) is 2. The first kappa shape index (κ1) is 9.78. The molecule has 0 heterocycles. The average Bonchev–Trinajstić information content (AvgIpc) is 2.15. The molecule has 0 N–H and O–H groups in total. The molecule has 0 aromatic heterocycles. The first-order valence-electron chi connectivity index (χ1n) is 4.46. The van der Waals surface area contributed by atoms with E-state index >= 15 is 0 Å². The maximum absolute atomic E-state index is 10.0. The van der Waals surface area contributed by atoms with E-state index in [9.17, 15) is 4.79 Å². The molecular weight excluding hydrogens is 164 g/mol. The fourth-order valence-electron chi connectivity index (χ4n) is 0.991. The lowest BCUT2D eigenvalue weighted by atomic mass is 10.2. The van der Waals surface area contributed by atoms with Crippen molar-refractivity contribution in [2.45, 2.75) is 19.8 Å². The summed E-state index contributed by atoms with van der Waals surface area (Å²) in [6.45, 7) is 2.65. The Morgan fingerprint density at radius 3 is 2.62 bits per heavy atom. The van der Waals surface area contributed by atoms with E-state index in [4.69, 9.17) is 4.74 Å².